The average Bonchev–Trinajstić information content (AvgIpc) is 3.06. The Labute approximate surface area is 136 Å². The molecule has 1 N–H and O–H groups in total. The summed E-state index contributed by atoms with van der Waals surface area (Å²) >= 11 is 0. The number of nitrogens with one attached hydrogen (secondary N) is 1. The molecule has 2 aromatic rings. The fraction of sp³-hybridized carbons (Fsp3) is 0.556. The number of benzene rings is 1. The van der Waals surface area contributed by atoms with Gasteiger partial charge in [0.25, 0.3) is 5.91 Å². The van der Waals surface area contributed by atoms with E-state index in [0.29, 0.717) is 11.5 Å². The smallest absolute Gasteiger partial charge is 0.254 e. The highest BCUT2D eigenvalue weighted by molar-refractivity contribution is 5.97. The molecule has 2 aliphatic rings. The Morgan fingerprint density at radius 2 is 1.96 bits per heavy atom. The zero-order valence-corrected chi connectivity index (χ0v) is 13.4. The van der Waals surface area contributed by atoms with Crippen LogP contribution in [0.1, 0.15) is 54.3 Å². The number of fused-ring (bicyclic) bond motifs is 1. The summed E-state index contributed by atoms with van der Waals surface area (Å²) in [4.78, 5) is 19.1. The summed E-state index contributed by atoms with van der Waals surface area (Å²) in [6, 6.07) is 5.65. The zero-order chi connectivity index (χ0) is 15.6. The molecule has 0 atom stereocenters. The minimum Gasteiger partial charge on any atom is -0.440 e. The maximum atomic E-state index is 12.6. The van der Waals surface area contributed by atoms with Crippen molar-refractivity contribution in [3.8, 4) is 0 Å². The van der Waals surface area contributed by atoms with Crippen LogP contribution >= 0.6 is 0 Å². The number of piperazine rings is 1. The second-order valence-electron chi connectivity index (χ2n) is 6.61. The standard InChI is InChI=1S/C18H23N3O2/c22-18(21-10-8-19-9-11-21)14-6-7-15-16(12-14)23-17(20-15)13-4-2-1-3-5-13/h6-7,12-13,19H,1-5,8-11H2. The van der Waals surface area contributed by atoms with E-state index in [2.05, 4.69) is 10.3 Å². The number of amides is 1. The van der Waals surface area contributed by atoms with Crippen LogP contribution < -0.4 is 5.32 Å². The molecule has 23 heavy (non-hydrogen) atoms. The maximum Gasteiger partial charge on any atom is 0.254 e. The molecule has 5 nitrogen and oxygen atoms in total. The molecular formula is C18H23N3O2. The Balaban J connectivity index is 1.58. The van der Waals surface area contributed by atoms with Gasteiger partial charge >= 0.3 is 0 Å². The molecule has 2 heterocycles. The molecule has 122 valence electrons. The van der Waals surface area contributed by atoms with Gasteiger partial charge in [-0.1, -0.05) is 19.3 Å². The summed E-state index contributed by atoms with van der Waals surface area (Å²) in [6.07, 6.45) is 6.17. The van der Waals surface area contributed by atoms with Crippen LogP contribution in [0, 0.1) is 0 Å². The summed E-state index contributed by atoms with van der Waals surface area (Å²) in [5.41, 5.74) is 2.31. The van der Waals surface area contributed by atoms with Crippen LogP contribution in [0.25, 0.3) is 11.1 Å². The van der Waals surface area contributed by atoms with Crippen LogP contribution in [0.15, 0.2) is 22.6 Å². The van der Waals surface area contributed by atoms with Crippen molar-refractivity contribution in [3.05, 3.63) is 29.7 Å². The number of hydrogen-bond donors (Lipinski definition) is 1. The van der Waals surface area contributed by atoms with E-state index in [9.17, 15) is 4.79 Å². The Hall–Kier alpha value is -1.88. The van der Waals surface area contributed by atoms with Crippen molar-refractivity contribution >= 4 is 17.0 Å². The van der Waals surface area contributed by atoms with Gasteiger partial charge in [-0.25, -0.2) is 4.98 Å². The topological polar surface area (TPSA) is 58.4 Å². The maximum absolute atomic E-state index is 12.6. The lowest BCUT2D eigenvalue weighted by Crippen LogP contribution is -2.46. The van der Waals surface area contributed by atoms with Crippen LogP contribution in [0.4, 0.5) is 0 Å². The molecule has 1 aromatic heterocycles. The van der Waals surface area contributed by atoms with E-state index >= 15 is 0 Å². The summed E-state index contributed by atoms with van der Waals surface area (Å²) in [6.45, 7) is 3.26. The molecule has 2 fully saturated rings. The minimum absolute atomic E-state index is 0.0871. The van der Waals surface area contributed by atoms with Crippen molar-refractivity contribution in [3.63, 3.8) is 0 Å². The zero-order valence-electron chi connectivity index (χ0n) is 13.4. The molecule has 1 saturated heterocycles. The highest BCUT2D eigenvalue weighted by Gasteiger charge is 2.22. The minimum atomic E-state index is 0.0871. The first-order valence-electron chi connectivity index (χ1n) is 8.72. The molecule has 4 rings (SSSR count). The van der Waals surface area contributed by atoms with Crippen molar-refractivity contribution in [1.82, 2.24) is 15.2 Å². The van der Waals surface area contributed by atoms with Crippen molar-refractivity contribution < 1.29 is 9.21 Å². The third-order valence-electron chi connectivity index (χ3n) is 5.01. The molecule has 0 radical (unpaired) electrons. The van der Waals surface area contributed by atoms with Gasteiger partial charge in [0.05, 0.1) is 0 Å². The Morgan fingerprint density at radius 1 is 1.17 bits per heavy atom. The van der Waals surface area contributed by atoms with Gasteiger partial charge in [0.2, 0.25) is 0 Å². The van der Waals surface area contributed by atoms with Gasteiger partial charge in [-0.05, 0) is 31.0 Å². The summed E-state index contributed by atoms with van der Waals surface area (Å²) in [5, 5.41) is 3.27. The van der Waals surface area contributed by atoms with E-state index in [1.807, 2.05) is 23.1 Å². The van der Waals surface area contributed by atoms with E-state index in [-0.39, 0.29) is 5.91 Å². The molecule has 1 aliphatic carbocycles. The first-order chi connectivity index (χ1) is 11.3. The van der Waals surface area contributed by atoms with Gasteiger partial charge in [-0.3, -0.25) is 4.79 Å². The SMILES string of the molecule is O=C(c1ccc2nc(C3CCCCC3)oc2c1)N1CCNCC1. The second kappa shape index (κ2) is 6.32. The highest BCUT2D eigenvalue weighted by atomic mass is 16.3. The molecule has 0 spiro atoms. The first kappa shape index (κ1) is 14.7. The fourth-order valence-corrected chi connectivity index (χ4v) is 3.65. The fourth-order valence-electron chi connectivity index (χ4n) is 3.65. The van der Waals surface area contributed by atoms with Gasteiger partial charge in [0.1, 0.15) is 5.52 Å². The van der Waals surface area contributed by atoms with Crippen LogP contribution in [-0.2, 0) is 0 Å². The van der Waals surface area contributed by atoms with Gasteiger partial charge in [0, 0.05) is 37.7 Å². The highest BCUT2D eigenvalue weighted by Crippen LogP contribution is 2.33. The van der Waals surface area contributed by atoms with Crippen molar-refractivity contribution in [2.24, 2.45) is 0 Å². The lowest BCUT2D eigenvalue weighted by atomic mass is 9.89. The third-order valence-corrected chi connectivity index (χ3v) is 5.01. The monoisotopic (exact) mass is 313 g/mol. The van der Waals surface area contributed by atoms with Crippen LogP contribution in [0.3, 0.4) is 0 Å². The normalized spacial score (nSPS) is 20.1. The lowest BCUT2D eigenvalue weighted by molar-refractivity contribution is 0.0736. The predicted molar refractivity (Wildman–Crippen MR) is 88.6 cm³/mol. The third kappa shape index (κ3) is 2.98. The van der Waals surface area contributed by atoms with E-state index < -0.39 is 0 Å². The lowest BCUT2D eigenvalue weighted by Gasteiger charge is -2.27. The first-order valence-corrected chi connectivity index (χ1v) is 8.72. The van der Waals surface area contributed by atoms with Crippen molar-refractivity contribution in [2.45, 2.75) is 38.0 Å². The summed E-state index contributed by atoms with van der Waals surface area (Å²) < 4.78 is 5.99. The number of aromatic nitrogens is 1. The summed E-state index contributed by atoms with van der Waals surface area (Å²) in [7, 11) is 0. The van der Waals surface area contributed by atoms with Crippen LogP contribution in [-0.4, -0.2) is 42.0 Å². The largest absolute Gasteiger partial charge is 0.440 e. The van der Waals surface area contributed by atoms with Gasteiger partial charge in [-0.15, -0.1) is 0 Å². The van der Waals surface area contributed by atoms with E-state index in [0.717, 1.165) is 43.2 Å². The molecule has 0 bridgehead atoms. The number of carbonyl (C=O) groups is 1. The van der Waals surface area contributed by atoms with E-state index in [1.54, 1.807) is 0 Å². The van der Waals surface area contributed by atoms with Crippen LogP contribution in [0.5, 0.6) is 0 Å². The van der Waals surface area contributed by atoms with Crippen molar-refractivity contribution in [2.75, 3.05) is 26.2 Å². The number of nitrogens with zero attached hydrogens (tertiary/aromatic N) is 2. The number of hydrogen-bond acceptors (Lipinski definition) is 4. The van der Waals surface area contributed by atoms with Crippen molar-refractivity contribution in [1.29, 1.82) is 0 Å². The van der Waals surface area contributed by atoms with Gasteiger partial charge in [-0.2, -0.15) is 0 Å². The Bertz CT molecular complexity index is 697. The molecule has 1 aromatic carbocycles. The van der Waals surface area contributed by atoms with E-state index in [4.69, 9.17) is 4.42 Å². The number of oxazole rings is 1. The predicted octanol–water partition coefficient (Wildman–Crippen LogP) is 2.92. The Morgan fingerprint density at radius 3 is 2.74 bits per heavy atom. The number of rotatable bonds is 2. The molecule has 1 saturated carbocycles. The molecule has 5 heteroatoms. The van der Waals surface area contributed by atoms with Gasteiger partial charge < -0.3 is 14.6 Å². The van der Waals surface area contributed by atoms with Gasteiger partial charge in [0.15, 0.2) is 11.5 Å². The molecule has 1 amide bonds. The summed E-state index contributed by atoms with van der Waals surface area (Å²) in [5.74, 6) is 1.39. The second-order valence-corrected chi connectivity index (χ2v) is 6.61. The Kier molecular flexibility index (Phi) is 4.04. The molecule has 1 aliphatic heterocycles. The quantitative estimate of drug-likeness (QED) is 0.926. The molecule has 0 unspecified atom stereocenters. The molecular weight excluding hydrogens is 290 g/mol. The van der Waals surface area contributed by atoms with E-state index in [1.165, 1.54) is 32.1 Å². The average molecular weight is 313 g/mol. The number of carbonyl (C=O) groups excluding carboxylic acids is 1. The van der Waals surface area contributed by atoms with Crippen LogP contribution in [0.2, 0.25) is 0 Å².